The highest BCUT2D eigenvalue weighted by Gasteiger charge is 2.22. The van der Waals surface area contributed by atoms with Crippen molar-refractivity contribution < 1.29 is 4.74 Å². The number of para-hydroxylation sites is 1. The lowest BCUT2D eigenvalue weighted by atomic mass is 10.1. The molecule has 2 heterocycles. The van der Waals surface area contributed by atoms with Crippen LogP contribution in [0, 0.1) is 5.92 Å². The maximum absolute atomic E-state index is 5.40. The minimum atomic E-state index is 0. The molecule has 27 heavy (non-hydrogen) atoms. The summed E-state index contributed by atoms with van der Waals surface area (Å²) in [6.07, 6.45) is 1.21. The van der Waals surface area contributed by atoms with Crippen molar-refractivity contribution in [2.75, 3.05) is 70.5 Å². The predicted molar refractivity (Wildman–Crippen MR) is 123 cm³/mol. The summed E-state index contributed by atoms with van der Waals surface area (Å²) < 4.78 is 5.40. The van der Waals surface area contributed by atoms with Crippen molar-refractivity contribution in [1.29, 1.82) is 0 Å². The number of nitrogens with zero attached hydrogens (tertiary/aromatic N) is 3. The number of anilines is 1. The normalized spacial score (nSPS) is 21.0. The van der Waals surface area contributed by atoms with Gasteiger partial charge in [0.1, 0.15) is 0 Å². The first-order valence-corrected chi connectivity index (χ1v) is 9.97. The standard InChI is InChI=1S/C20H33N5O.HI/c1-2-21-20(22-9-11-24-12-14-26-15-13-24)23-16-18-8-10-25(17-18)19-6-4-3-5-7-19;/h3-7,18H,2,8-17H2,1H3,(H2,21,22,23);1H. The van der Waals surface area contributed by atoms with E-state index in [-0.39, 0.29) is 24.0 Å². The van der Waals surface area contributed by atoms with E-state index in [2.05, 4.69) is 57.7 Å². The number of morpholine rings is 1. The Labute approximate surface area is 180 Å². The van der Waals surface area contributed by atoms with Gasteiger partial charge in [-0.05, 0) is 31.4 Å². The molecule has 6 nitrogen and oxygen atoms in total. The average molecular weight is 487 g/mol. The number of nitrogens with one attached hydrogen (secondary N) is 2. The van der Waals surface area contributed by atoms with E-state index in [9.17, 15) is 0 Å². The molecule has 1 atom stereocenters. The largest absolute Gasteiger partial charge is 0.379 e. The van der Waals surface area contributed by atoms with Crippen LogP contribution in [0.2, 0.25) is 0 Å². The maximum atomic E-state index is 5.40. The van der Waals surface area contributed by atoms with Gasteiger partial charge in [-0.1, -0.05) is 18.2 Å². The van der Waals surface area contributed by atoms with Crippen LogP contribution in [0.15, 0.2) is 35.3 Å². The third-order valence-electron chi connectivity index (χ3n) is 5.08. The van der Waals surface area contributed by atoms with Crippen LogP contribution in [0.4, 0.5) is 5.69 Å². The fourth-order valence-corrected chi connectivity index (χ4v) is 3.57. The molecule has 2 saturated heterocycles. The Kier molecular flexibility index (Phi) is 10.2. The summed E-state index contributed by atoms with van der Waals surface area (Å²) in [6, 6.07) is 10.7. The lowest BCUT2D eigenvalue weighted by Crippen LogP contribution is -2.44. The monoisotopic (exact) mass is 487 g/mol. The molecule has 0 aromatic heterocycles. The highest BCUT2D eigenvalue weighted by atomic mass is 127. The van der Waals surface area contributed by atoms with E-state index in [1.807, 2.05) is 0 Å². The predicted octanol–water partition coefficient (Wildman–Crippen LogP) is 2.02. The van der Waals surface area contributed by atoms with Crippen molar-refractivity contribution in [3.63, 3.8) is 0 Å². The van der Waals surface area contributed by atoms with Gasteiger partial charge in [-0.25, -0.2) is 0 Å². The van der Waals surface area contributed by atoms with Crippen molar-refractivity contribution >= 4 is 35.6 Å². The molecule has 7 heteroatoms. The van der Waals surface area contributed by atoms with Crippen LogP contribution < -0.4 is 15.5 Å². The van der Waals surface area contributed by atoms with E-state index in [1.165, 1.54) is 12.1 Å². The van der Waals surface area contributed by atoms with Gasteiger partial charge < -0.3 is 20.3 Å². The minimum Gasteiger partial charge on any atom is -0.379 e. The van der Waals surface area contributed by atoms with Crippen LogP contribution in [0.25, 0.3) is 0 Å². The van der Waals surface area contributed by atoms with Gasteiger partial charge in [0.2, 0.25) is 0 Å². The fraction of sp³-hybridized carbons (Fsp3) is 0.650. The summed E-state index contributed by atoms with van der Waals surface area (Å²) in [5, 5.41) is 6.85. The molecule has 2 aliphatic heterocycles. The summed E-state index contributed by atoms with van der Waals surface area (Å²) >= 11 is 0. The first kappa shape index (κ1) is 22.2. The van der Waals surface area contributed by atoms with Crippen LogP contribution in [-0.2, 0) is 4.74 Å². The Hall–Kier alpha value is -1.06. The van der Waals surface area contributed by atoms with E-state index < -0.39 is 0 Å². The molecular weight excluding hydrogens is 453 g/mol. The quantitative estimate of drug-likeness (QED) is 0.350. The van der Waals surface area contributed by atoms with Crippen molar-refractivity contribution in [2.24, 2.45) is 10.9 Å². The number of rotatable bonds is 7. The van der Waals surface area contributed by atoms with Crippen molar-refractivity contribution in [3.8, 4) is 0 Å². The molecular formula is C20H34IN5O. The number of aliphatic imine (C=N–C) groups is 1. The van der Waals surface area contributed by atoms with E-state index >= 15 is 0 Å². The Balaban J connectivity index is 0.00000261. The number of halogens is 1. The Morgan fingerprint density at radius 2 is 1.93 bits per heavy atom. The molecule has 2 N–H and O–H groups in total. The van der Waals surface area contributed by atoms with Gasteiger partial charge >= 0.3 is 0 Å². The summed E-state index contributed by atoms with van der Waals surface area (Å²) in [7, 11) is 0. The fourth-order valence-electron chi connectivity index (χ4n) is 3.57. The molecule has 0 radical (unpaired) electrons. The lowest BCUT2D eigenvalue weighted by molar-refractivity contribution is 0.0389. The molecule has 1 aromatic carbocycles. The van der Waals surface area contributed by atoms with Crippen LogP contribution in [0.3, 0.4) is 0 Å². The zero-order chi connectivity index (χ0) is 18.0. The third kappa shape index (κ3) is 7.46. The molecule has 0 saturated carbocycles. The summed E-state index contributed by atoms with van der Waals surface area (Å²) in [5.74, 6) is 1.57. The smallest absolute Gasteiger partial charge is 0.191 e. The molecule has 3 rings (SSSR count). The van der Waals surface area contributed by atoms with Gasteiger partial charge in [0, 0.05) is 58.0 Å². The number of benzene rings is 1. The van der Waals surface area contributed by atoms with Crippen LogP contribution in [0.5, 0.6) is 0 Å². The molecule has 1 unspecified atom stereocenters. The topological polar surface area (TPSA) is 52.1 Å². The second-order valence-corrected chi connectivity index (χ2v) is 7.04. The van der Waals surface area contributed by atoms with E-state index in [1.54, 1.807) is 0 Å². The molecule has 2 aliphatic rings. The van der Waals surface area contributed by atoms with Gasteiger partial charge in [-0.3, -0.25) is 9.89 Å². The summed E-state index contributed by atoms with van der Waals surface area (Å²) in [4.78, 5) is 9.74. The zero-order valence-corrected chi connectivity index (χ0v) is 18.7. The van der Waals surface area contributed by atoms with Crippen molar-refractivity contribution in [2.45, 2.75) is 13.3 Å². The molecule has 0 spiro atoms. The Morgan fingerprint density at radius 1 is 1.15 bits per heavy atom. The highest BCUT2D eigenvalue weighted by Crippen LogP contribution is 2.23. The SMILES string of the molecule is CCNC(=NCC1CCN(c2ccccc2)C1)NCCN1CCOCC1.I. The van der Waals surface area contributed by atoms with E-state index in [0.717, 1.165) is 71.5 Å². The van der Waals surface area contributed by atoms with E-state index in [4.69, 9.17) is 9.73 Å². The van der Waals surface area contributed by atoms with Crippen LogP contribution >= 0.6 is 24.0 Å². The molecule has 1 aromatic rings. The van der Waals surface area contributed by atoms with E-state index in [0.29, 0.717) is 5.92 Å². The number of guanidine groups is 1. The summed E-state index contributed by atoms with van der Waals surface area (Å²) in [6.45, 7) is 11.9. The number of ether oxygens (including phenoxy) is 1. The van der Waals surface area contributed by atoms with Crippen molar-refractivity contribution in [1.82, 2.24) is 15.5 Å². The van der Waals surface area contributed by atoms with Crippen LogP contribution in [-0.4, -0.2) is 76.4 Å². The Morgan fingerprint density at radius 3 is 2.67 bits per heavy atom. The zero-order valence-electron chi connectivity index (χ0n) is 16.4. The van der Waals surface area contributed by atoms with Gasteiger partial charge in [0.05, 0.1) is 13.2 Å². The first-order chi connectivity index (χ1) is 12.8. The minimum absolute atomic E-state index is 0. The highest BCUT2D eigenvalue weighted by molar-refractivity contribution is 14.0. The molecule has 0 bridgehead atoms. The number of hydrogen-bond acceptors (Lipinski definition) is 4. The van der Waals surface area contributed by atoms with Crippen LogP contribution in [0.1, 0.15) is 13.3 Å². The molecule has 0 aliphatic carbocycles. The first-order valence-electron chi connectivity index (χ1n) is 9.97. The molecule has 152 valence electrons. The second-order valence-electron chi connectivity index (χ2n) is 7.04. The number of hydrogen-bond donors (Lipinski definition) is 2. The van der Waals surface area contributed by atoms with Crippen molar-refractivity contribution in [3.05, 3.63) is 30.3 Å². The van der Waals surface area contributed by atoms with Gasteiger partial charge in [0.15, 0.2) is 5.96 Å². The summed E-state index contributed by atoms with van der Waals surface area (Å²) in [5.41, 5.74) is 1.33. The van der Waals surface area contributed by atoms with Gasteiger partial charge in [0.25, 0.3) is 0 Å². The van der Waals surface area contributed by atoms with Gasteiger partial charge in [-0.2, -0.15) is 0 Å². The average Bonchev–Trinajstić information content (AvgIpc) is 3.17. The lowest BCUT2D eigenvalue weighted by Gasteiger charge is -2.26. The molecule has 2 fully saturated rings. The maximum Gasteiger partial charge on any atom is 0.191 e. The molecule has 0 amide bonds. The Bertz CT molecular complexity index is 551. The third-order valence-corrected chi connectivity index (χ3v) is 5.08. The van der Waals surface area contributed by atoms with Gasteiger partial charge in [-0.15, -0.1) is 24.0 Å². The second kappa shape index (κ2) is 12.4.